The molecule has 0 bridgehead atoms. The van der Waals surface area contributed by atoms with Gasteiger partial charge < -0.3 is 9.74 Å². The summed E-state index contributed by atoms with van der Waals surface area (Å²) in [6.07, 6.45) is 0. The quantitative estimate of drug-likeness (QED) is 0.432. The van der Waals surface area contributed by atoms with Crippen LogP contribution in [0.1, 0.15) is 21.5 Å². The number of halogens is 2. The van der Waals surface area contributed by atoms with Gasteiger partial charge in [0.25, 0.3) is 5.91 Å². The van der Waals surface area contributed by atoms with Crippen molar-refractivity contribution >= 4 is 46.5 Å². The molecule has 144 valence electrons. The SMILES string of the molecule is O=C(O/N=C1/C(=O)N(Cc2ccc(Cl)c(Cl)c2)c2ccccc21)c1ccccc1. The molecule has 3 aromatic carbocycles. The minimum absolute atomic E-state index is 0.0740. The first-order valence-corrected chi connectivity index (χ1v) is 9.50. The van der Waals surface area contributed by atoms with Gasteiger partial charge in [-0.3, -0.25) is 4.79 Å². The maximum atomic E-state index is 13.0. The second-order valence-corrected chi connectivity index (χ2v) is 7.16. The summed E-state index contributed by atoms with van der Waals surface area (Å²) in [7, 11) is 0. The summed E-state index contributed by atoms with van der Waals surface area (Å²) in [6, 6.07) is 20.9. The van der Waals surface area contributed by atoms with Crippen molar-refractivity contribution in [1.29, 1.82) is 0 Å². The van der Waals surface area contributed by atoms with Crippen molar-refractivity contribution in [2.24, 2.45) is 5.16 Å². The van der Waals surface area contributed by atoms with Crippen molar-refractivity contribution in [1.82, 2.24) is 0 Å². The van der Waals surface area contributed by atoms with Crippen molar-refractivity contribution in [3.05, 3.63) is 99.5 Å². The van der Waals surface area contributed by atoms with Crippen LogP contribution in [-0.2, 0) is 16.2 Å². The Kier molecular flexibility index (Phi) is 5.34. The number of amides is 1. The number of hydrogen-bond donors (Lipinski definition) is 0. The molecule has 0 saturated carbocycles. The van der Waals surface area contributed by atoms with E-state index in [-0.39, 0.29) is 18.2 Å². The molecule has 0 radical (unpaired) electrons. The number of anilines is 1. The summed E-state index contributed by atoms with van der Waals surface area (Å²) in [5.74, 6) is -0.996. The number of para-hydroxylation sites is 1. The average Bonchev–Trinajstić information content (AvgIpc) is 3.01. The van der Waals surface area contributed by atoms with E-state index in [1.807, 2.05) is 12.1 Å². The van der Waals surface area contributed by atoms with E-state index >= 15 is 0 Å². The van der Waals surface area contributed by atoms with Crippen LogP contribution >= 0.6 is 23.2 Å². The molecule has 0 atom stereocenters. The second-order valence-electron chi connectivity index (χ2n) is 6.34. The lowest BCUT2D eigenvalue weighted by atomic mass is 10.1. The van der Waals surface area contributed by atoms with Crippen LogP contribution in [0.25, 0.3) is 0 Å². The highest BCUT2D eigenvalue weighted by Gasteiger charge is 2.34. The van der Waals surface area contributed by atoms with Gasteiger partial charge in [0.15, 0.2) is 5.71 Å². The molecule has 4 rings (SSSR count). The summed E-state index contributed by atoms with van der Waals surface area (Å²) in [5.41, 5.74) is 2.51. The van der Waals surface area contributed by atoms with Crippen molar-refractivity contribution < 1.29 is 14.4 Å². The number of rotatable bonds is 4. The lowest BCUT2D eigenvalue weighted by Crippen LogP contribution is -2.29. The first-order chi connectivity index (χ1) is 14.0. The highest BCUT2D eigenvalue weighted by Crippen LogP contribution is 2.32. The Morgan fingerprint density at radius 1 is 0.931 bits per heavy atom. The summed E-state index contributed by atoms with van der Waals surface area (Å²) in [4.78, 5) is 31.8. The molecule has 0 N–H and O–H groups in total. The standard InChI is InChI=1S/C22H14Cl2N2O3/c23-17-11-10-14(12-18(17)24)13-26-19-9-5-4-8-16(19)20(21(26)27)25-29-22(28)15-6-2-1-3-7-15/h1-12H,13H2/b25-20+. The van der Waals surface area contributed by atoms with E-state index in [1.54, 1.807) is 65.6 Å². The van der Waals surface area contributed by atoms with E-state index in [4.69, 9.17) is 28.0 Å². The van der Waals surface area contributed by atoms with Gasteiger partial charge in [0.2, 0.25) is 0 Å². The Balaban J connectivity index is 1.62. The van der Waals surface area contributed by atoms with Gasteiger partial charge in [-0.05, 0) is 35.9 Å². The molecular weight excluding hydrogens is 411 g/mol. The molecule has 1 heterocycles. The Bertz CT molecular complexity index is 1130. The van der Waals surface area contributed by atoms with Crippen LogP contribution in [-0.4, -0.2) is 17.6 Å². The molecule has 7 heteroatoms. The molecular formula is C22H14Cl2N2O3. The summed E-state index contributed by atoms with van der Waals surface area (Å²) < 4.78 is 0. The number of fused-ring (bicyclic) bond motifs is 1. The van der Waals surface area contributed by atoms with Gasteiger partial charge in [0, 0.05) is 5.56 Å². The van der Waals surface area contributed by atoms with Gasteiger partial charge in [-0.15, -0.1) is 0 Å². The molecule has 0 fully saturated rings. The zero-order valence-corrected chi connectivity index (χ0v) is 16.5. The third kappa shape index (κ3) is 3.88. The van der Waals surface area contributed by atoms with Gasteiger partial charge >= 0.3 is 5.97 Å². The summed E-state index contributed by atoms with van der Waals surface area (Å²) in [6.45, 7) is 0.276. The second kappa shape index (κ2) is 8.07. The zero-order valence-electron chi connectivity index (χ0n) is 15.0. The molecule has 0 aliphatic carbocycles. The fraction of sp³-hybridized carbons (Fsp3) is 0.0455. The molecule has 29 heavy (non-hydrogen) atoms. The molecule has 0 unspecified atom stereocenters. The molecule has 5 nitrogen and oxygen atoms in total. The lowest BCUT2D eigenvalue weighted by molar-refractivity contribution is -0.112. The summed E-state index contributed by atoms with van der Waals surface area (Å²) >= 11 is 12.1. The van der Waals surface area contributed by atoms with Crippen LogP contribution in [0.5, 0.6) is 0 Å². The highest BCUT2D eigenvalue weighted by atomic mass is 35.5. The number of carbonyl (C=O) groups is 2. The topological polar surface area (TPSA) is 59.0 Å². The fourth-order valence-corrected chi connectivity index (χ4v) is 3.36. The normalized spacial score (nSPS) is 14.2. The van der Waals surface area contributed by atoms with E-state index in [0.29, 0.717) is 26.9 Å². The van der Waals surface area contributed by atoms with Gasteiger partial charge in [0.1, 0.15) is 0 Å². The van der Waals surface area contributed by atoms with E-state index in [2.05, 4.69) is 5.16 Å². The molecule has 1 amide bonds. The number of benzene rings is 3. The van der Waals surface area contributed by atoms with E-state index < -0.39 is 5.97 Å². The maximum Gasteiger partial charge on any atom is 0.365 e. The highest BCUT2D eigenvalue weighted by molar-refractivity contribution is 6.54. The van der Waals surface area contributed by atoms with Crippen LogP contribution < -0.4 is 4.90 Å². The molecule has 0 saturated heterocycles. The van der Waals surface area contributed by atoms with Crippen molar-refractivity contribution in [2.75, 3.05) is 4.90 Å². The first-order valence-electron chi connectivity index (χ1n) is 8.74. The van der Waals surface area contributed by atoms with E-state index in [0.717, 1.165) is 5.56 Å². The fourth-order valence-electron chi connectivity index (χ4n) is 3.04. The lowest BCUT2D eigenvalue weighted by Gasteiger charge is -2.17. The average molecular weight is 425 g/mol. The Labute approximate surface area is 177 Å². The first kappa shape index (κ1) is 19.2. The molecule has 0 aromatic heterocycles. The van der Waals surface area contributed by atoms with Gasteiger partial charge in [-0.2, -0.15) is 0 Å². The van der Waals surface area contributed by atoms with Crippen molar-refractivity contribution in [3.63, 3.8) is 0 Å². The third-order valence-corrected chi connectivity index (χ3v) is 5.19. The van der Waals surface area contributed by atoms with Crippen LogP contribution in [0, 0.1) is 0 Å². The molecule has 1 aliphatic heterocycles. The molecule has 1 aliphatic rings. The Morgan fingerprint density at radius 2 is 1.66 bits per heavy atom. The molecule has 0 spiro atoms. The van der Waals surface area contributed by atoms with Crippen LogP contribution in [0.15, 0.2) is 78.0 Å². The number of carbonyl (C=O) groups excluding carboxylic acids is 2. The van der Waals surface area contributed by atoms with Gasteiger partial charge in [0.05, 0.1) is 27.8 Å². The van der Waals surface area contributed by atoms with Crippen molar-refractivity contribution in [2.45, 2.75) is 6.54 Å². The van der Waals surface area contributed by atoms with Gasteiger partial charge in [-0.1, -0.05) is 70.8 Å². The van der Waals surface area contributed by atoms with Crippen LogP contribution in [0.4, 0.5) is 5.69 Å². The van der Waals surface area contributed by atoms with E-state index in [1.165, 1.54) is 0 Å². The predicted molar refractivity (Wildman–Crippen MR) is 112 cm³/mol. The Morgan fingerprint density at radius 3 is 2.41 bits per heavy atom. The zero-order chi connectivity index (χ0) is 20.4. The predicted octanol–water partition coefficient (Wildman–Crippen LogP) is 5.10. The third-order valence-electron chi connectivity index (χ3n) is 4.45. The van der Waals surface area contributed by atoms with Crippen LogP contribution in [0.2, 0.25) is 10.0 Å². The minimum Gasteiger partial charge on any atom is -0.312 e. The number of oxime groups is 1. The van der Waals surface area contributed by atoms with Crippen molar-refractivity contribution in [3.8, 4) is 0 Å². The molecule has 3 aromatic rings. The smallest absolute Gasteiger partial charge is 0.312 e. The summed E-state index contributed by atoms with van der Waals surface area (Å²) in [5, 5.41) is 4.73. The van der Waals surface area contributed by atoms with E-state index in [9.17, 15) is 9.59 Å². The Hall–Kier alpha value is -3.15. The minimum atomic E-state index is -0.633. The van der Waals surface area contributed by atoms with Crippen LogP contribution in [0.3, 0.4) is 0 Å². The monoisotopic (exact) mass is 424 g/mol. The number of hydrogen-bond acceptors (Lipinski definition) is 4. The number of nitrogens with zero attached hydrogens (tertiary/aromatic N) is 2. The largest absolute Gasteiger partial charge is 0.365 e. The maximum absolute atomic E-state index is 13.0. The van der Waals surface area contributed by atoms with Gasteiger partial charge in [-0.25, -0.2) is 4.79 Å².